The average Bonchev–Trinajstić information content (AvgIpc) is 2.74. The second-order valence-electron chi connectivity index (χ2n) is 5.60. The molecular weight excluding hydrogens is 204 g/mol. The summed E-state index contributed by atoms with van der Waals surface area (Å²) in [6.07, 6.45) is 7.26. The smallest absolute Gasteiger partial charge is 0.0987 e. The summed E-state index contributed by atoms with van der Waals surface area (Å²) in [5.41, 5.74) is 7.96. The zero-order valence-corrected chi connectivity index (χ0v) is 10.1. The van der Waals surface area contributed by atoms with Crippen molar-refractivity contribution in [2.45, 2.75) is 56.4 Å². The Morgan fingerprint density at radius 1 is 1.40 bits per heavy atom. The molecule has 1 heterocycles. The van der Waals surface area contributed by atoms with Crippen molar-refractivity contribution in [3.05, 3.63) is 16.1 Å². The van der Waals surface area contributed by atoms with Gasteiger partial charge >= 0.3 is 0 Å². The Hall–Kier alpha value is -0.410. The van der Waals surface area contributed by atoms with E-state index < -0.39 is 0 Å². The van der Waals surface area contributed by atoms with E-state index in [0.29, 0.717) is 5.41 Å². The Labute approximate surface area is 94.9 Å². The Morgan fingerprint density at radius 2 is 2.13 bits per heavy atom. The Kier molecular flexibility index (Phi) is 1.99. The quantitative estimate of drug-likeness (QED) is 0.854. The van der Waals surface area contributed by atoms with E-state index in [1.54, 1.807) is 0 Å². The summed E-state index contributed by atoms with van der Waals surface area (Å²) in [6, 6.07) is 0. The topological polar surface area (TPSA) is 38.9 Å². The molecule has 0 atom stereocenters. The van der Waals surface area contributed by atoms with Crippen LogP contribution in [0.4, 0.5) is 0 Å². The van der Waals surface area contributed by atoms with Crippen LogP contribution in [-0.2, 0) is 11.8 Å². The Balaban J connectivity index is 1.73. The fraction of sp³-hybridized carbons (Fsp3) is 0.750. The van der Waals surface area contributed by atoms with Gasteiger partial charge in [0.15, 0.2) is 0 Å². The van der Waals surface area contributed by atoms with Crippen LogP contribution in [0, 0.1) is 0 Å². The molecule has 0 spiro atoms. The highest BCUT2D eigenvalue weighted by atomic mass is 32.1. The van der Waals surface area contributed by atoms with Crippen LogP contribution in [-0.4, -0.2) is 10.5 Å². The number of hydrogen-bond donors (Lipinski definition) is 1. The summed E-state index contributed by atoms with van der Waals surface area (Å²) in [4.78, 5) is 4.75. The van der Waals surface area contributed by atoms with E-state index in [0.717, 1.165) is 6.42 Å². The maximum Gasteiger partial charge on any atom is 0.0987 e. The fourth-order valence-corrected chi connectivity index (χ4v) is 3.28. The highest BCUT2D eigenvalue weighted by molar-refractivity contribution is 7.09. The normalized spacial score (nSPS) is 26.0. The third kappa shape index (κ3) is 1.72. The number of nitrogens with zero attached hydrogens (tertiary/aromatic N) is 1. The largest absolute Gasteiger partial charge is 0.325 e. The van der Waals surface area contributed by atoms with Crippen LogP contribution in [0.3, 0.4) is 0 Å². The van der Waals surface area contributed by atoms with Crippen molar-refractivity contribution in [2.24, 2.45) is 5.73 Å². The molecule has 2 nitrogen and oxygen atoms in total. The van der Waals surface area contributed by atoms with E-state index in [-0.39, 0.29) is 5.54 Å². The molecule has 2 aliphatic carbocycles. The van der Waals surface area contributed by atoms with Gasteiger partial charge in [-0.1, -0.05) is 6.92 Å². The van der Waals surface area contributed by atoms with E-state index in [2.05, 4.69) is 12.3 Å². The summed E-state index contributed by atoms with van der Waals surface area (Å²) >= 11 is 1.83. The van der Waals surface area contributed by atoms with Gasteiger partial charge in [0.1, 0.15) is 0 Å². The minimum Gasteiger partial charge on any atom is -0.325 e. The van der Waals surface area contributed by atoms with Gasteiger partial charge in [-0.05, 0) is 32.1 Å². The number of rotatable bonds is 3. The molecule has 1 aromatic rings. The maximum absolute atomic E-state index is 6.23. The van der Waals surface area contributed by atoms with E-state index in [4.69, 9.17) is 10.7 Å². The lowest BCUT2D eigenvalue weighted by Crippen LogP contribution is -2.48. The molecule has 3 heteroatoms. The van der Waals surface area contributed by atoms with Gasteiger partial charge < -0.3 is 5.73 Å². The Morgan fingerprint density at radius 3 is 2.67 bits per heavy atom. The molecular formula is C12H18N2S. The lowest BCUT2D eigenvalue weighted by atomic mass is 9.75. The summed E-state index contributed by atoms with van der Waals surface area (Å²) in [5.74, 6) is 0. The zero-order valence-electron chi connectivity index (χ0n) is 9.25. The van der Waals surface area contributed by atoms with E-state index in [1.807, 2.05) is 11.3 Å². The van der Waals surface area contributed by atoms with Gasteiger partial charge in [-0.25, -0.2) is 4.98 Å². The molecule has 3 rings (SSSR count). The molecule has 82 valence electrons. The molecule has 0 aromatic carbocycles. The molecule has 0 amide bonds. The standard InChI is InChI=1S/C12H18N2S/c1-11(5-6-11)10-14-9(8-15-10)7-12(13)3-2-4-12/h8H,2-7,13H2,1H3. The van der Waals surface area contributed by atoms with Gasteiger partial charge in [0, 0.05) is 22.8 Å². The number of aromatic nitrogens is 1. The van der Waals surface area contributed by atoms with E-state index >= 15 is 0 Å². The van der Waals surface area contributed by atoms with Gasteiger partial charge in [-0.15, -0.1) is 11.3 Å². The first-order valence-electron chi connectivity index (χ1n) is 5.84. The number of hydrogen-bond acceptors (Lipinski definition) is 3. The third-order valence-corrected chi connectivity index (χ3v) is 5.15. The van der Waals surface area contributed by atoms with Crippen LogP contribution in [0.15, 0.2) is 5.38 Å². The van der Waals surface area contributed by atoms with Gasteiger partial charge in [0.25, 0.3) is 0 Å². The molecule has 2 fully saturated rings. The van der Waals surface area contributed by atoms with Crippen molar-refractivity contribution < 1.29 is 0 Å². The highest BCUT2D eigenvalue weighted by Gasteiger charge is 2.42. The first-order chi connectivity index (χ1) is 7.10. The van der Waals surface area contributed by atoms with Crippen LogP contribution in [0.1, 0.15) is 49.7 Å². The van der Waals surface area contributed by atoms with Crippen molar-refractivity contribution in [3.63, 3.8) is 0 Å². The second-order valence-corrected chi connectivity index (χ2v) is 6.46. The summed E-state index contributed by atoms with van der Waals surface area (Å²) in [5, 5.41) is 3.55. The van der Waals surface area contributed by atoms with E-state index in [9.17, 15) is 0 Å². The lowest BCUT2D eigenvalue weighted by molar-refractivity contribution is 0.246. The summed E-state index contributed by atoms with van der Waals surface area (Å²) in [7, 11) is 0. The van der Waals surface area contributed by atoms with Crippen LogP contribution >= 0.6 is 11.3 Å². The minimum absolute atomic E-state index is 0.0792. The summed E-state index contributed by atoms with van der Waals surface area (Å²) < 4.78 is 0. The van der Waals surface area contributed by atoms with Crippen molar-refractivity contribution in [1.82, 2.24) is 4.98 Å². The molecule has 2 aliphatic rings. The molecule has 2 N–H and O–H groups in total. The van der Waals surface area contributed by atoms with Crippen molar-refractivity contribution in [2.75, 3.05) is 0 Å². The van der Waals surface area contributed by atoms with Crippen LogP contribution in [0.25, 0.3) is 0 Å². The number of thiazole rings is 1. The van der Waals surface area contributed by atoms with Crippen LogP contribution in [0.2, 0.25) is 0 Å². The van der Waals surface area contributed by atoms with Crippen LogP contribution < -0.4 is 5.73 Å². The summed E-state index contributed by atoms with van der Waals surface area (Å²) in [6.45, 7) is 2.32. The van der Waals surface area contributed by atoms with Crippen molar-refractivity contribution >= 4 is 11.3 Å². The molecule has 0 unspecified atom stereocenters. The third-order valence-electron chi connectivity index (χ3n) is 3.95. The van der Waals surface area contributed by atoms with Gasteiger partial charge in [0.05, 0.1) is 10.7 Å². The molecule has 0 saturated heterocycles. The molecule has 0 bridgehead atoms. The van der Waals surface area contributed by atoms with Crippen LogP contribution in [0.5, 0.6) is 0 Å². The van der Waals surface area contributed by atoms with Crippen molar-refractivity contribution in [1.29, 1.82) is 0 Å². The predicted octanol–water partition coefficient (Wildman–Crippen LogP) is 2.62. The molecule has 0 radical (unpaired) electrons. The second kappa shape index (κ2) is 3.05. The predicted molar refractivity (Wildman–Crippen MR) is 63.2 cm³/mol. The van der Waals surface area contributed by atoms with Gasteiger partial charge in [0.2, 0.25) is 0 Å². The molecule has 0 aliphatic heterocycles. The lowest BCUT2D eigenvalue weighted by Gasteiger charge is -2.37. The maximum atomic E-state index is 6.23. The zero-order chi connectivity index (χ0) is 10.5. The fourth-order valence-electron chi connectivity index (χ4n) is 2.24. The monoisotopic (exact) mass is 222 g/mol. The molecule has 15 heavy (non-hydrogen) atoms. The van der Waals surface area contributed by atoms with E-state index in [1.165, 1.54) is 42.8 Å². The highest BCUT2D eigenvalue weighted by Crippen LogP contribution is 2.48. The molecule has 2 saturated carbocycles. The SMILES string of the molecule is CC1(c2nc(CC3(N)CCC3)cs2)CC1. The first-order valence-corrected chi connectivity index (χ1v) is 6.72. The van der Waals surface area contributed by atoms with Crippen molar-refractivity contribution in [3.8, 4) is 0 Å². The molecule has 1 aromatic heterocycles. The number of nitrogens with two attached hydrogens (primary N) is 1. The average molecular weight is 222 g/mol. The van der Waals surface area contributed by atoms with Gasteiger partial charge in [-0.2, -0.15) is 0 Å². The first kappa shape index (κ1) is 9.79. The Bertz CT molecular complexity index is 375. The van der Waals surface area contributed by atoms with Gasteiger partial charge in [-0.3, -0.25) is 0 Å². The minimum atomic E-state index is 0.0792.